The van der Waals surface area contributed by atoms with Crippen molar-refractivity contribution in [2.45, 2.75) is 65.1 Å². The normalized spacial score (nSPS) is 15.6. The number of aromatic amines is 1. The van der Waals surface area contributed by atoms with Gasteiger partial charge in [0.2, 0.25) is 5.88 Å². The first-order chi connectivity index (χ1) is 16.1. The largest absolute Gasteiger partial charge is 0.448 e. The van der Waals surface area contributed by atoms with Crippen LogP contribution in [0.5, 0.6) is 17.6 Å². The highest BCUT2D eigenvalue weighted by Crippen LogP contribution is 2.49. The van der Waals surface area contributed by atoms with E-state index in [2.05, 4.69) is 23.5 Å². The Morgan fingerprint density at radius 1 is 1.29 bits per heavy atom. The van der Waals surface area contributed by atoms with E-state index in [0.29, 0.717) is 11.8 Å². The number of carbonyl (C=O) groups is 2. The number of H-pyrrole nitrogens is 1. The van der Waals surface area contributed by atoms with Gasteiger partial charge in [-0.1, -0.05) is 31.6 Å². The predicted molar refractivity (Wildman–Crippen MR) is 124 cm³/mol. The van der Waals surface area contributed by atoms with E-state index < -0.39 is 29.8 Å². The van der Waals surface area contributed by atoms with Gasteiger partial charge in [0, 0.05) is 12.8 Å². The molecule has 182 valence electrons. The molecule has 0 radical (unpaired) electrons. The van der Waals surface area contributed by atoms with E-state index in [4.69, 9.17) is 14.2 Å². The van der Waals surface area contributed by atoms with Crippen LogP contribution in [-0.4, -0.2) is 33.3 Å². The maximum Gasteiger partial charge on any atom is 0.349 e. The Bertz CT molecular complexity index is 1120. The number of aliphatic hydroxyl groups excluding tert-OH is 1. The average molecular weight is 471 g/mol. The van der Waals surface area contributed by atoms with Gasteiger partial charge >= 0.3 is 17.9 Å². The quantitative estimate of drug-likeness (QED) is 0.219. The van der Waals surface area contributed by atoms with Crippen LogP contribution in [0.1, 0.15) is 74.7 Å². The van der Waals surface area contributed by atoms with E-state index in [0.717, 1.165) is 12.8 Å². The minimum Gasteiger partial charge on any atom is -0.448 e. The summed E-state index contributed by atoms with van der Waals surface area (Å²) in [6.45, 7) is 8.68. The molecule has 2 atom stereocenters. The van der Waals surface area contributed by atoms with Crippen molar-refractivity contribution in [3.8, 4) is 17.6 Å². The van der Waals surface area contributed by atoms with Gasteiger partial charge in [0.05, 0.1) is 5.56 Å². The molecule has 9 nitrogen and oxygen atoms in total. The van der Waals surface area contributed by atoms with E-state index in [1.807, 2.05) is 0 Å². The minimum atomic E-state index is -1.25. The number of carbonyl (C=O) groups excluding carboxylic acids is 2. The van der Waals surface area contributed by atoms with Crippen molar-refractivity contribution >= 4 is 11.9 Å². The Labute approximate surface area is 197 Å². The van der Waals surface area contributed by atoms with Gasteiger partial charge in [-0.25, -0.2) is 4.79 Å². The highest BCUT2D eigenvalue weighted by Gasteiger charge is 2.36. The predicted octanol–water partition coefficient (Wildman–Crippen LogP) is 3.87. The number of aromatic nitrogens is 2. The molecule has 3 rings (SSSR count). The Morgan fingerprint density at radius 2 is 2.00 bits per heavy atom. The molecule has 1 aromatic heterocycles. The summed E-state index contributed by atoms with van der Waals surface area (Å²) in [7, 11) is 0. The summed E-state index contributed by atoms with van der Waals surface area (Å²) in [4.78, 5) is 43.6. The first-order valence-corrected chi connectivity index (χ1v) is 11.2. The first kappa shape index (κ1) is 25.2. The van der Waals surface area contributed by atoms with Crippen molar-refractivity contribution in [3.05, 3.63) is 58.4 Å². The molecule has 9 heteroatoms. The SMILES string of the molecule is C=CC(CCCC1(C)CC1)c1c(OC(C)O)nc(OC(=O)c2ccccc2OC(C)=O)[nH]c1=O. The number of nitrogens with zero attached hydrogens (tertiary/aromatic N) is 1. The van der Waals surface area contributed by atoms with Crippen molar-refractivity contribution in [1.29, 1.82) is 0 Å². The summed E-state index contributed by atoms with van der Waals surface area (Å²) in [6, 6.07) is 5.60. The number of hydrogen-bond donors (Lipinski definition) is 2. The Hall–Kier alpha value is -3.46. The molecule has 2 unspecified atom stereocenters. The lowest BCUT2D eigenvalue weighted by Gasteiger charge is -2.18. The summed E-state index contributed by atoms with van der Waals surface area (Å²) >= 11 is 0. The standard InChI is InChI=1S/C25H30N2O7/c1-5-17(9-8-12-25(4)13-14-25)20-21(30)26-24(27-22(20)33-16(3)29)34-23(31)18-10-6-7-11-19(18)32-15(2)28/h5-7,10-11,16-17,29H,1,8-9,12-14H2,2-4H3,(H,26,27,30). The number of hydrogen-bond acceptors (Lipinski definition) is 8. The fourth-order valence-corrected chi connectivity index (χ4v) is 3.68. The van der Waals surface area contributed by atoms with Gasteiger partial charge in [-0.2, -0.15) is 4.98 Å². The minimum absolute atomic E-state index is 0.00972. The molecule has 1 fully saturated rings. The van der Waals surface area contributed by atoms with Crippen LogP contribution in [0.25, 0.3) is 0 Å². The zero-order valence-electron chi connectivity index (χ0n) is 19.6. The highest BCUT2D eigenvalue weighted by atomic mass is 16.6. The Morgan fingerprint density at radius 3 is 2.62 bits per heavy atom. The fourth-order valence-electron chi connectivity index (χ4n) is 3.68. The lowest BCUT2D eigenvalue weighted by atomic mass is 9.92. The maximum absolute atomic E-state index is 13.0. The molecule has 0 spiro atoms. The van der Waals surface area contributed by atoms with E-state index in [-0.39, 0.29) is 28.7 Å². The number of para-hydroxylation sites is 1. The monoisotopic (exact) mass is 470 g/mol. The molecule has 0 aliphatic heterocycles. The van der Waals surface area contributed by atoms with Crippen molar-refractivity contribution in [2.24, 2.45) is 5.41 Å². The highest BCUT2D eigenvalue weighted by molar-refractivity contribution is 5.94. The molecule has 1 aliphatic carbocycles. The molecule has 0 amide bonds. The number of aliphatic hydroxyl groups is 1. The lowest BCUT2D eigenvalue weighted by Crippen LogP contribution is -2.24. The summed E-state index contributed by atoms with van der Waals surface area (Å²) in [5.74, 6) is -1.99. The molecule has 1 saturated carbocycles. The zero-order valence-corrected chi connectivity index (χ0v) is 19.6. The van der Waals surface area contributed by atoms with Crippen LogP contribution in [0.3, 0.4) is 0 Å². The van der Waals surface area contributed by atoms with Crippen molar-refractivity contribution < 1.29 is 28.9 Å². The Balaban J connectivity index is 1.86. The number of benzene rings is 1. The molecule has 1 heterocycles. The van der Waals surface area contributed by atoms with Crippen molar-refractivity contribution in [2.75, 3.05) is 0 Å². The van der Waals surface area contributed by atoms with Crippen molar-refractivity contribution in [3.63, 3.8) is 0 Å². The molecule has 0 saturated heterocycles. The second-order valence-electron chi connectivity index (χ2n) is 8.83. The number of ether oxygens (including phenoxy) is 3. The van der Waals surface area contributed by atoms with E-state index in [1.165, 1.54) is 38.8 Å². The fraction of sp³-hybridized carbons (Fsp3) is 0.440. The van der Waals surface area contributed by atoms with E-state index in [1.54, 1.807) is 18.2 Å². The maximum atomic E-state index is 13.0. The molecule has 1 aromatic carbocycles. The third-order valence-corrected chi connectivity index (χ3v) is 5.79. The van der Waals surface area contributed by atoms with Crippen LogP contribution in [-0.2, 0) is 4.79 Å². The van der Waals surface area contributed by atoms with Crippen LogP contribution in [0.15, 0.2) is 41.7 Å². The summed E-state index contributed by atoms with van der Waals surface area (Å²) in [5, 5.41) is 9.78. The van der Waals surface area contributed by atoms with Crippen LogP contribution in [0.4, 0.5) is 0 Å². The third-order valence-electron chi connectivity index (χ3n) is 5.79. The molecule has 2 N–H and O–H groups in total. The van der Waals surface area contributed by atoms with E-state index in [9.17, 15) is 19.5 Å². The van der Waals surface area contributed by atoms with E-state index >= 15 is 0 Å². The van der Waals surface area contributed by atoms with Crippen LogP contribution in [0.2, 0.25) is 0 Å². The van der Waals surface area contributed by atoms with Gasteiger partial charge in [0.25, 0.3) is 5.56 Å². The second kappa shape index (κ2) is 10.6. The average Bonchev–Trinajstić information content (AvgIpc) is 3.48. The Kier molecular flexibility index (Phi) is 7.88. The smallest absolute Gasteiger partial charge is 0.349 e. The van der Waals surface area contributed by atoms with Gasteiger partial charge in [-0.05, 0) is 50.2 Å². The number of rotatable bonds is 11. The molecule has 2 aromatic rings. The zero-order chi connectivity index (χ0) is 24.9. The molecular weight excluding hydrogens is 440 g/mol. The van der Waals surface area contributed by atoms with Crippen LogP contribution < -0.4 is 19.8 Å². The van der Waals surface area contributed by atoms with Crippen molar-refractivity contribution in [1.82, 2.24) is 9.97 Å². The molecule has 0 bridgehead atoms. The summed E-state index contributed by atoms with van der Waals surface area (Å²) in [6.07, 6.45) is 5.43. The van der Waals surface area contributed by atoms with Crippen LogP contribution >= 0.6 is 0 Å². The van der Waals surface area contributed by atoms with Gasteiger partial charge in [-0.15, -0.1) is 6.58 Å². The second-order valence-corrected chi connectivity index (χ2v) is 8.83. The van der Waals surface area contributed by atoms with Gasteiger partial charge in [0.1, 0.15) is 11.3 Å². The molecule has 34 heavy (non-hydrogen) atoms. The topological polar surface area (TPSA) is 128 Å². The number of allylic oxidation sites excluding steroid dienone is 1. The van der Waals surface area contributed by atoms with Gasteiger partial charge < -0.3 is 19.3 Å². The van der Waals surface area contributed by atoms with Crippen LogP contribution in [0, 0.1) is 5.41 Å². The number of nitrogens with one attached hydrogen (secondary N) is 1. The summed E-state index contributed by atoms with van der Waals surface area (Å²) < 4.78 is 15.7. The lowest BCUT2D eigenvalue weighted by molar-refractivity contribution is -0.131. The molecular formula is C25H30N2O7. The summed E-state index contributed by atoms with van der Waals surface area (Å²) in [5.41, 5.74) is -0.00309. The third kappa shape index (κ3) is 6.54. The van der Waals surface area contributed by atoms with Gasteiger partial charge in [0.15, 0.2) is 6.29 Å². The number of esters is 2. The van der Waals surface area contributed by atoms with Gasteiger partial charge in [-0.3, -0.25) is 14.6 Å². The first-order valence-electron chi connectivity index (χ1n) is 11.2. The molecule has 1 aliphatic rings.